The number of unbranched alkanes of at least 4 members (excludes halogenated alkanes) is 6. The molecule has 0 spiro atoms. The Morgan fingerprint density at radius 1 is 0.692 bits per heavy atom. The van der Waals surface area contributed by atoms with Crippen LogP contribution in [0.3, 0.4) is 0 Å². The number of carbonyl (C=O) groups is 2. The van der Waals surface area contributed by atoms with Crippen LogP contribution >= 0.6 is 0 Å². The Morgan fingerprint density at radius 3 is 1.38 bits per heavy atom. The van der Waals surface area contributed by atoms with Crippen molar-refractivity contribution in [2.24, 2.45) is 11.5 Å². The maximum atomic E-state index is 12.6. The summed E-state index contributed by atoms with van der Waals surface area (Å²) in [5.41, 5.74) is 8.50. The monoisotopic (exact) mass is 372 g/mol. The average molecular weight is 373 g/mol. The summed E-state index contributed by atoms with van der Waals surface area (Å²) in [5.74, 6) is -1.44. The Balaban J connectivity index is 4.74. The first kappa shape index (κ1) is 24.9. The lowest BCUT2D eigenvalue weighted by molar-refractivity contribution is -0.177. The maximum absolute atomic E-state index is 12.6. The summed E-state index contributed by atoms with van der Waals surface area (Å²) in [6.07, 6.45) is 7.33. The van der Waals surface area contributed by atoms with Crippen LogP contribution in [0.25, 0.3) is 0 Å². The van der Waals surface area contributed by atoms with Crippen molar-refractivity contribution in [1.82, 2.24) is 0 Å². The van der Waals surface area contributed by atoms with E-state index in [0.717, 1.165) is 45.1 Å². The molecule has 0 aromatic heterocycles. The topological polar surface area (TPSA) is 105 Å². The van der Waals surface area contributed by atoms with Crippen LogP contribution < -0.4 is 11.5 Å². The van der Waals surface area contributed by atoms with Gasteiger partial charge in [0.1, 0.15) is 11.2 Å². The predicted octanol–water partition coefficient (Wildman–Crippen LogP) is 3.45. The molecule has 0 amide bonds. The molecule has 0 aliphatic carbocycles. The second-order valence-corrected chi connectivity index (χ2v) is 8.99. The SMILES string of the molecule is CC(C)(C)OC(=O)C(N)(CCCCCCCCCN)C(=O)OC(C)(C)C. The minimum Gasteiger partial charge on any atom is -0.458 e. The first-order chi connectivity index (χ1) is 11.8. The van der Waals surface area contributed by atoms with E-state index in [0.29, 0.717) is 6.42 Å². The summed E-state index contributed by atoms with van der Waals surface area (Å²) in [7, 11) is 0. The molecular formula is C20H40N2O4. The molecule has 0 aliphatic heterocycles. The first-order valence-corrected chi connectivity index (χ1v) is 9.78. The van der Waals surface area contributed by atoms with Crippen molar-refractivity contribution in [3.63, 3.8) is 0 Å². The van der Waals surface area contributed by atoms with Gasteiger partial charge in [-0.05, 0) is 60.9 Å². The fraction of sp³-hybridized carbons (Fsp3) is 0.900. The van der Waals surface area contributed by atoms with Crippen molar-refractivity contribution in [3.8, 4) is 0 Å². The Hall–Kier alpha value is -1.14. The molecule has 154 valence electrons. The summed E-state index contributed by atoms with van der Waals surface area (Å²) < 4.78 is 10.8. The first-order valence-electron chi connectivity index (χ1n) is 9.78. The average Bonchev–Trinajstić information content (AvgIpc) is 2.46. The zero-order valence-corrected chi connectivity index (χ0v) is 17.7. The van der Waals surface area contributed by atoms with Gasteiger partial charge < -0.3 is 20.9 Å². The van der Waals surface area contributed by atoms with Gasteiger partial charge in [-0.1, -0.05) is 38.5 Å². The van der Waals surface area contributed by atoms with Crippen LogP contribution in [0.5, 0.6) is 0 Å². The molecule has 4 N–H and O–H groups in total. The van der Waals surface area contributed by atoms with Crippen molar-refractivity contribution < 1.29 is 19.1 Å². The Kier molecular flexibility index (Phi) is 10.4. The van der Waals surface area contributed by atoms with E-state index >= 15 is 0 Å². The highest BCUT2D eigenvalue weighted by atomic mass is 16.6. The maximum Gasteiger partial charge on any atom is 0.338 e. The smallest absolute Gasteiger partial charge is 0.338 e. The second kappa shape index (κ2) is 10.9. The molecule has 0 radical (unpaired) electrons. The van der Waals surface area contributed by atoms with Crippen molar-refractivity contribution in [2.45, 2.75) is 110 Å². The molecule has 0 rings (SSSR count). The lowest BCUT2D eigenvalue weighted by Crippen LogP contribution is -2.59. The lowest BCUT2D eigenvalue weighted by atomic mass is 9.92. The summed E-state index contributed by atoms with van der Waals surface area (Å²) in [4.78, 5) is 25.2. The zero-order valence-electron chi connectivity index (χ0n) is 17.7. The summed E-state index contributed by atoms with van der Waals surface area (Å²) in [6.45, 7) is 11.2. The quantitative estimate of drug-likeness (QED) is 0.327. The van der Waals surface area contributed by atoms with Gasteiger partial charge in [0.05, 0.1) is 0 Å². The molecule has 0 unspecified atom stereocenters. The standard InChI is InChI=1S/C20H40N2O4/c1-18(2,3)25-16(23)20(22,17(24)26-19(4,5)6)14-12-10-8-7-9-11-13-15-21/h7-15,21-22H2,1-6H3. The highest BCUT2D eigenvalue weighted by Gasteiger charge is 2.47. The van der Waals surface area contributed by atoms with Gasteiger partial charge in [-0.2, -0.15) is 0 Å². The highest BCUT2D eigenvalue weighted by molar-refractivity contribution is 6.04. The van der Waals surface area contributed by atoms with E-state index < -0.39 is 28.7 Å². The summed E-state index contributed by atoms with van der Waals surface area (Å²) >= 11 is 0. The van der Waals surface area contributed by atoms with E-state index in [1.54, 1.807) is 41.5 Å². The number of ether oxygens (including phenoxy) is 2. The van der Waals surface area contributed by atoms with Crippen LogP contribution in [0.15, 0.2) is 0 Å². The highest BCUT2D eigenvalue weighted by Crippen LogP contribution is 2.23. The van der Waals surface area contributed by atoms with Gasteiger partial charge in [0.2, 0.25) is 5.54 Å². The van der Waals surface area contributed by atoms with Gasteiger partial charge in [0.25, 0.3) is 0 Å². The minimum absolute atomic E-state index is 0.222. The number of rotatable bonds is 11. The van der Waals surface area contributed by atoms with Gasteiger partial charge in [-0.3, -0.25) is 0 Å². The Morgan fingerprint density at radius 2 is 1.04 bits per heavy atom. The zero-order chi connectivity index (χ0) is 20.4. The number of hydrogen-bond acceptors (Lipinski definition) is 6. The number of hydrogen-bond donors (Lipinski definition) is 2. The molecule has 0 bridgehead atoms. The molecule has 6 nitrogen and oxygen atoms in total. The fourth-order valence-electron chi connectivity index (χ4n) is 2.46. The molecule has 0 saturated heterocycles. The third kappa shape index (κ3) is 10.8. The van der Waals surface area contributed by atoms with Crippen molar-refractivity contribution in [2.75, 3.05) is 6.54 Å². The van der Waals surface area contributed by atoms with Crippen LogP contribution in [-0.2, 0) is 19.1 Å². The second-order valence-electron chi connectivity index (χ2n) is 8.99. The van der Waals surface area contributed by atoms with Crippen molar-refractivity contribution in [1.29, 1.82) is 0 Å². The summed E-state index contributed by atoms with van der Waals surface area (Å²) in [6, 6.07) is 0. The molecule has 0 saturated carbocycles. The molecule has 0 heterocycles. The molecule has 0 aromatic rings. The fourth-order valence-corrected chi connectivity index (χ4v) is 2.46. The van der Waals surface area contributed by atoms with E-state index in [9.17, 15) is 9.59 Å². The van der Waals surface area contributed by atoms with E-state index in [-0.39, 0.29) is 6.42 Å². The lowest BCUT2D eigenvalue weighted by Gasteiger charge is -2.32. The molecule has 0 aliphatic rings. The van der Waals surface area contributed by atoms with Gasteiger partial charge in [0.15, 0.2) is 0 Å². The van der Waals surface area contributed by atoms with E-state index in [1.807, 2.05) is 0 Å². The van der Waals surface area contributed by atoms with Crippen LogP contribution in [0.4, 0.5) is 0 Å². The molecular weight excluding hydrogens is 332 g/mol. The van der Waals surface area contributed by atoms with Crippen molar-refractivity contribution in [3.05, 3.63) is 0 Å². The number of nitrogens with two attached hydrogens (primary N) is 2. The third-order valence-corrected chi connectivity index (χ3v) is 3.80. The van der Waals surface area contributed by atoms with Crippen LogP contribution in [0.1, 0.15) is 92.9 Å². The van der Waals surface area contributed by atoms with E-state index in [1.165, 1.54) is 0 Å². The molecule has 6 heteroatoms. The van der Waals surface area contributed by atoms with Crippen LogP contribution in [-0.4, -0.2) is 35.2 Å². The van der Waals surface area contributed by atoms with E-state index in [2.05, 4.69) is 0 Å². The summed E-state index contributed by atoms with van der Waals surface area (Å²) in [5, 5.41) is 0. The molecule has 0 atom stereocenters. The minimum atomic E-state index is -1.76. The van der Waals surface area contributed by atoms with Gasteiger partial charge in [-0.15, -0.1) is 0 Å². The van der Waals surface area contributed by atoms with Gasteiger partial charge in [-0.25, -0.2) is 9.59 Å². The Labute approximate surface area is 159 Å². The number of carbonyl (C=O) groups excluding carboxylic acids is 2. The Bertz CT molecular complexity index is 408. The predicted molar refractivity (Wildman–Crippen MR) is 105 cm³/mol. The van der Waals surface area contributed by atoms with Crippen molar-refractivity contribution >= 4 is 11.9 Å². The molecule has 0 fully saturated rings. The van der Waals surface area contributed by atoms with Gasteiger partial charge in [0, 0.05) is 0 Å². The van der Waals surface area contributed by atoms with Crippen LogP contribution in [0.2, 0.25) is 0 Å². The number of esters is 2. The van der Waals surface area contributed by atoms with Crippen LogP contribution in [0, 0.1) is 0 Å². The van der Waals surface area contributed by atoms with E-state index in [4.69, 9.17) is 20.9 Å². The largest absolute Gasteiger partial charge is 0.458 e. The third-order valence-electron chi connectivity index (χ3n) is 3.80. The van der Waals surface area contributed by atoms with Gasteiger partial charge >= 0.3 is 11.9 Å². The molecule has 26 heavy (non-hydrogen) atoms. The molecule has 0 aromatic carbocycles. The normalized spacial score (nSPS) is 12.8.